The molecule has 1 aromatic heterocycles. The zero-order chi connectivity index (χ0) is 11.2. The summed E-state index contributed by atoms with van der Waals surface area (Å²) in [5, 5.41) is 0.884. The minimum atomic E-state index is 0.884. The molecule has 2 rings (SSSR count). The fourth-order valence-corrected chi connectivity index (χ4v) is 1.67. The molecule has 0 bridgehead atoms. The van der Waals surface area contributed by atoms with Crippen LogP contribution < -0.4 is 0 Å². The SMILES string of the molecule is BrCC=Cc1ccc(-c2ccccn2)cc1. The van der Waals surface area contributed by atoms with Crippen molar-refractivity contribution in [2.45, 2.75) is 0 Å². The van der Waals surface area contributed by atoms with Crippen LogP contribution in [-0.2, 0) is 0 Å². The molecule has 0 aliphatic heterocycles. The van der Waals surface area contributed by atoms with Gasteiger partial charge in [-0.25, -0.2) is 0 Å². The monoisotopic (exact) mass is 273 g/mol. The first-order valence-corrected chi connectivity index (χ1v) is 6.26. The highest BCUT2D eigenvalue weighted by atomic mass is 79.9. The minimum Gasteiger partial charge on any atom is -0.256 e. The van der Waals surface area contributed by atoms with Gasteiger partial charge >= 0.3 is 0 Å². The van der Waals surface area contributed by atoms with Crippen molar-refractivity contribution in [2.75, 3.05) is 5.33 Å². The van der Waals surface area contributed by atoms with Crippen molar-refractivity contribution in [3.8, 4) is 11.3 Å². The molecule has 2 heteroatoms. The Labute approximate surface area is 104 Å². The van der Waals surface area contributed by atoms with E-state index in [0.717, 1.165) is 16.6 Å². The Morgan fingerprint density at radius 2 is 1.88 bits per heavy atom. The van der Waals surface area contributed by atoms with E-state index in [2.05, 4.69) is 57.3 Å². The van der Waals surface area contributed by atoms with Gasteiger partial charge in [-0.1, -0.05) is 58.4 Å². The van der Waals surface area contributed by atoms with Crippen molar-refractivity contribution >= 4 is 22.0 Å². The standard InChI is InChI=1S/C14H12BrN/c15-10-3-4-12-6-8-13(9-7-12)14-5-1-2-11-16-14/h1-9,11H,10H2. The Balaban J connectivity index is 2.23. The maximum atomic E-state index is 4.32. The first kappa shape index (κ1) is 11.1. The van der Waals surface area contributed by atoms with E-state index in [0.29, 0.717) is 0 Å². The molecule has 0 radical (unpaired) electrons. The van der Waals surface area contributed by atoms with Crippen LogP contribution in [0.3, 0.4) is 0 Å². The van der Waals surface area contributed by atoms with Gasteiger partial charge in [-0.2, -0.15) is 0 Å². The molecule has 0 fully saturated rings. The average molecular weight is 274 g/mol. The van der Waals surface area contributed by atoms with Gasteiger partial charge in [0.2, 0.25) is 0 Å². The molecule has 0 unspecified atom stereocenters. The lowest BCUT2D eigenvalue weighted by molar-refractivity contribution is 1.33. The summed E-state index contributed by atoms with van der Waals surface area (Å²) in [4.78, 5) is 4.32. The lowest BCUT2D eigenvalue weighted by Crippen LogP contribution is -1.81. The Bertz CT molecular complexity index is 460. The zero-order valence-electron chi connectivity index (χ0n) is 8.81. The van der Waals surface area contributed by atoms with Gasteiger partial charge in [0.25, 0.3) is 0 Å². The van der Waals surface area contributed by atoms with Gasteiger partial charge in [0, 0.05) is 17.1 Å². The Morgan fingerprint density at radius 3 is 2.50 bits per heavy atom. The van der Waals surface area contributed by atoms with E-state index in [1.807, 2.05) is 24.4 Å². The Morgan fingerprint density at radius 1 is 1.06 bits per heavy atom. The fraction of sp³-hybridized carbons (Fsp3) is 0.0714. The second-order valence-electron chi connectivity index (χ2n) is 3.39. The van der Waals surface area contributed by atoms with E-state index in [1.165, 1.54) is 5.56 Å². The predicted molar refractivity (Wildman–Crippen MR) is 72.5 cm³/mol. The second-order valence-corrected chi connectivity index (χ2v) is 4.04. The molecule has 0 aliphatic rings. The normalized spacial score (nSPS) is 10.8. The van der Waals surface area contributed by atoms with Crippen LogP contribution in [0.25, 0.3) is 17.3 Å². The van der Waals surface area contributed by atoms with E-state index in [9.17, 15) is 0 Å². The molecule has 2 aromatic rings. The number of nitrogens with zero attached hydrogens (tertiary/aromatic N) is 1. The van der Waals surface area contributed by atoms with Crippen LogP contribution in [0.5, 0.6) is 0 Å². The van der Waals surface area contributed by atoms with Gasteiger partial charge in [-0.15, -0.1) is 0 Å². The van der Waals surface area contributed by atoms with Gasteiger partial charge in [0.05, 0.1) is 5.69 Å². The summed E-state index contributed by atoms with van der Waals surface area (Å²) in [5.74, 6) is 0. The number of pyridine rings is 1. The highest BCUT2D eigenvalue weighted by Gasteiger charge is 1.96. The Hall–Kier alpha value is -1.41. The maximum absolute atomic E-state index is 4.32. The summed E-state index contributed by atoms with van der Waals surface area (Å²) >= 11 is 3.36. The lowest BCUT2D eigenvalue weighted by Gasteiger charge is -2.00. The Kier molecular flexibility index (Phi) is 3.89. The molecule has 1 aromatic carbocycles. The number of rotatable bonds is 3. The summed E-state index contributed by atoms with van der Waals surface area (Å²) in [5.41, 5.74) is 3.37. The molecule has 1 heterocycles. The van der Waals surface area contributed by atoms with Crippen LogP contribution in [0.2, 0.25) is 0 Å². The van der Waals surface area contributed by atoms with Gasteiger partial charge in [-0.3, -0.25) is 4.98 Å². The highest BCUT2D eigenvalue weighted by Crippen LogP contribution is 2.17. The third-order valence-corrected chi connectivity index (χ3v) is 2.64. The second kappa shape index (κ2) is 5.61. The number of halogens is 1. The first-order chi connectivity index (χ1) is 7.90. The van der Waals surface area contributed by atoms with E-state index in [1.54, 1.807) is 0 Å². The number of allylic oxidation sites excluding steroid dienone is 1. The van der Waals surface area contributed by atoms with Crippen molar-refractivity contribution in [3.05, 3.63) is 60.3 Å². The molecule has 80 valence electrons. The van der Waals surface area contributed by atoms with Gasteiger partial charge in [0.1, 0.15) is 0 Å². The van der Waals surface area contributed by atoms with Crippen LogP contribution in [0.4, 0.5) is 0 Å². The van der Waals surface area contributed by atoms with Crippen molar-refractivity contribution in [1.29, 1.82) is 0 Å². The van der Waals surface area contributed by atoms with E-state index in [-0.39, 0.29) is 0 Å². The molecule has 0 spiro atoms. The topological polar surface area (TPSA) is 12.9 Å². The highest BCUT2D eigenvalue weighted by molar-refractivity contribution is 9.09. The van der Waals surface area contributed by atoms with Crippen molar-refractivity contribution < 1.29 is 0 Å². The number of aromatic nitrogens is 1. The molecule has 1 nitrogen and oxygen atoms in total. The van der Waals surface area contributed by atoms with E-state index < -0.39 is 0 Å². The minimum absolute atomic E-state index is 0.884. The van der Waals surface area contributed by atoms with Crippen LogP contribution in [0, 0.1) is 0 Å². The summed E-state index contributed by atoms with van der Waals surface area (Å²) < 4.78 is 0. The molecule has 0 saturated heterocycles. The summed E-state index contributed by atoms with van der Waals surface area (Å²) in [6.45, 7) is 0. The fourth-order valence-electron chi connectivity index (χ4n) is 1.48. The van der Waals surface area contributed by atoms with Crippen molar-refractivity contribution in [1.82, 2.24) is 4.98 Å². The molecule has 16 heavy (non-hydrogen) atoms. The van der Waals surface area contributed by atoms with Gasteiger partial charge < -0.3 is 0 Å². The third-order valence-electron chi connectivity index (χ3n) is 2.27. The van der Waals surface area contributed by atoms with Gasteiger partial charge in [0.15, 0.2) is 0 Å². The smallest absolute Gasteiger partial charge is 0.0701 e. The number of hydrogen-bond acceptors (Lipinski definition) is 1. The summed E-state index contributed by atoms with van der Waals surface area (Å²) in [7, 11) is 0. The van der Waals surface area contributed by atoms with Crippen molar-refractivity contribution in [2.24, 2.45) is 0 Å². The quantitative estimate of drug-likeness (QED) is 0.766. The number of alkyl halides is 1. The largest absolute Gasteiger partial charge is 0.256 e. The summed E-state index contributed by atoms with van der Waals surface area (Å²) in [6, 6.07) is 14.3. The zero-order valence-corrected chi connectivity index (χ0v) is 10.4. The summed E-state index contributed by atoms with van der Waals surface area (Å²) in [6.07, 6.45) is 5.99. The number of benzene rings is 1. The maximum Gasteiger partial charge on any atom is 0.0701 e. The van der Waals surface area contributed by atoms with Crippen LogP contribution >= 0.6 is 15.9 Å². The molecule has 0 saturated carbocycles. The van der Waals surface area contributed by atoms with Crippen LogP contribution in [0.15, 0.2) is 54.7 Å². The van der Waals surface area contributed by atoms with Gasteiger partial charge in [-0.05, 0) is 17.7 Å². The molecule has 0 N–H and O–H groups in total. The van der Waals surface area contributed by atoms with E-state index >= 15 is 0 Å². The van der Waals surface area contributed by atoms with Crippen LogP contribution in [0.1, 0.15) is 5.56 Å². The van der Waals surface area contributed by atoms with E-state index in [4.69, 9.17) is 0 Å². The predicted octanol–water partition coefficient (Wildman–Crippen LogP) is 4.16. The third kappa shape index (κ3) is 2.80. The molecular formula is C14H12BrN. The molecular weight excluding hydrogens is 262 g/mol. The first-order valence-electron chi connectivity index (χ1n) is 5.14. The average Bonchev–Trinajstić information content (AvgIpc) is 2.38. The van der Waals surface area contributed by atoms with Crippen LogP contribution in [-0.4, -0.2) is 10.3 Å². The lowest BCUT2D eigenvalue weighted by atomic mass is 10.1. The number of hydrogen-bond donors (Lipinski definition) is 0. The molecule has 0 aliphatic carbocycles. The van der Waals surface area contributed by atoms with Crippen molar-refractivity contribution in [3.63, 3.8) is 0 Å². The molecule has 0 amide bonds. The molecule has 0 atom stereocenters.